The molecule has 3 saturated heterocycles. The predicted molar refractivity (Wildman–Crippen MR) is 112 cm³/mol. The van der Waals surface area contributed by atoms with E-state index in [1.165, 1.54) is 19.3 Å². The third kappa shape index (κ3) is 3.78. The van der Waals surface area contributed by atoms with Crippen molar-refractivity contribution < 1.29 is 19.2 Å². The van der Waals surface area contributed by atoms with Crippen LogP contribution in [0.1, 0.15) is 58.4 Å². The second-order valence-electron chi connectivity index (χ2n) is 9.27. The van der Waals surface area contributed by atoms with E-state index in [2.05, 4.69) is 15.5 Å². The van der Waals surface area contributed by atoms with Gasteiger partial charge in [-0.25, -0.2) is 0 Å². The summed E-state index contributed by atoms with van der Waals surface area (Å²) < 4.78 is 0. The first-order valence-electron chi connectivity index (χ1n) is 11.3. The second-order valence-corrected chi connectivity index (χ2v) is 9.27. The largest absolute Gasteiger partial charge is 0.316 e. The summed E-state index contributed by atoms with van der Waals surface area (Å²) in [4.78, 5) is 53.4. The van der Waals surface area contributed by atoms with Crippen LogP contribution >= 0.6 is 0 Å². The van der Waals surface area contributed by atoms with E-state index in [1.54, 1.807) is 6.07 Å². The molecule has 0 saturated carbocycles. The number of hydrogen-bond acceptors (Lipinski definition) is 6. The SMILES string of the molecule is O=C1CCC(N2C(=O)c3cccc(CN4CCC(CC5CNC5)CC4)c3C2=O)C(=O)N1. The third-order valence-corrected chi connectivity index (χ3v) is 7.19. The first kappa shape index (κ1) is 20.3. The number of hydrogen-bond donors (Lipinski definition) is 2. The third-order valence-electron chi connectivity index (χ3n) is 7.19. The molecule has 4 aliphatic heterocycles. The predicted octanol–water partition coefficient (Wildman–Crippen LogP) is 0.909. The molecule has 5 rings (SSSR count). The highest BCUT2D eigenvalue weighted by atomic mass is 16.2. The molecule has 4 aliphatic rings. The van der Waals surface area contributed by atoms with E-state index in [9.17, 15) is 19.2 Å². The maximum atomic E-state index is 13.2. The smallest absolute Gasteiger partial charge is 0.262 e. The van der Waals surface area contributed by atoms with Crippen molar-refractivity contribution in [1.82, 2.24) is 20.4 Å². The van der Waals surface area contributed by atoms with E-state index >= 15 is 0 Å². The fourth-order valence-electron chi connectivity index (χ4n) is 5.32. The standard InChI is InChI=1S/C23H28N4O4/c28-19-5-4-18(21(29)25-19)27-22(30)17-3-1-2-16(20(17)23(27)31)13-26-8-6-14(7-9-26)10-15-11-24-12-15/h1-3,14-15,18,24H,4-13H2,(H,25,28,29). The van der Waals surface area contributed by atoms with Gasteiger partial charge in [-0.1, -0.05) is 12.1 Å². The Bertz CT molecular complexity index is 934. The molecule has 1 aromatic carbocycles. The van der Waals surface area contributed by atoms with Crippen molar-refractivity contribution in [3.05, 3.63) is 34.9 Å². The average molecular weight is 425 g/mol. The molecule has 1 atom stereocenters. The summed E-state index contributed by atoms with van der Waals surface area (Å²) in [5, 5.41) is 5.58. The molecule has 1 aromatic rings. The summed E-state index contributed by atoms with van der Waals surface area (Å²) in [7, 11) is 0. The van der Waals surface area contributed by atoms with E-state index in [0.29, 0.717) is 17.7 Å². The number of likely N-dealkylation sites (tertiary alicyclic amines) is 1. The number of carbonyl (C=O) groups is 4. The van der Waals surface area contributed by atoms with Crippen LogP contribution in [0.4, 0.5) is 0 Å². The van der Waals surface area contributed by atoms with Crippen LogP contribution in [0.2, 0.25) is 0 Å². The second kappa shape index (κ2) is 8.16. The van der Waals surface area contributed by atoms with Crippen LogP contribution in [0.15, 0.2) is 18.2 Å². The van der Waals surface area contributed by atoms with Gasteiger partial charge in [0.1, 0.15) is 6.04 Å². The van der Waals surface area contributed by atoms with E-state index < -0.39 is 23.8 Å². The quantitative estimate of drug-likeness (QED) is 0.682. The molecule has 2 N–H and O–H groups in total. The Hall–Kier alpha value is -2.58. The van der Waals surface area contributed by atoms with Gasteiger partial charge in [0.25, 0.3) is 11.8 Å². The summed E-state index contributed by atoms with van der Waals surface area (Å²) in [5.74, 6) is -0.194. The van der Waals surface area contributed by atoms with Crippen LogP contribution in [0.25, 0.3) is 0 Å². The van der Waals surface area contributed by atoms with Crippen molar-refractivity contribution in [2.24, 2.45) is 11.8 Å². The Morgan fingerprint density at radius 1 is 0.935 bits per heavy atom. The minimum Gasteiger partial charge on any atom is -0.316 e. The van der Waals surface area contributed by atoms with Crippen molar-refractivity contribution in [3.63, 3.8) is 0 Å². The van der Waals surface area contributed by atoms with E-state index in [4.69, 9.17) is 0 Å². The molecule has 31 heavy (non-hydrogen) atoms. The molecule has 0 bridgehead atoms. The Balaban J connectivity index is 1.28. The molecule has 0 aromatic heterocycles. The van der Waals surface area contributed by atoms with Crippen LogP contribution in [0.5, 0.6) is 0 Å². The van der Waals surface area contributed by atoms with Crippen LogP contribution in [-0.4, -0.2) is 65.6 Å². The van der Waals surface area contributed by atoms with Gasteiger partial charge in [-0.05, 0) is 75.3 Å². The maximum absolute atomic E-state index is 13.2. The lowest BCUT2D eigenvalue weighted by molar-refractivity contribution is -0.136. The van der Waals surface area contributed by atoms with Gasteiger partial charge in [-0.2, -0.15) is 0 Å². The summed E-state index contributed by atoms with van der Waals surface area (Å²) in [5.41, 5.74) is 1.62. The van der Waals surface area contributed by atoms with Crippen LogP contribution < -0.4 is 10.6 Å². The molecule has 3 fully saturated rings. The van der Waals surface area contributed by atoms with Gasteiger partial charge in [0.05, 0.1) is 11.1 Å². The minimum atomic E-state index is -0.922. The molecule has 0 spiro atoms. The highest BCUT2D eigenvalue weighted by Gasteiger charge is 2.45. The average Bonchev–Trinajstić information content (AvgIpc) is 2.98. The van der Waals surface area contributed by atoms with E-state index in [-0.39, 0.29) is 18.7 Å². The molecule has 1 unspecified atom stereocenters. The van der Waals surface area contributed by atoms with E-state index in [0.717, 1.165) is 48.5 Å². The van der Waals surface area contributed by atoms with E-state index in [1.807, 2.05) is 12.1 Å². The van der Waals surface area contributed by atoms with Gasteiger partial charge >= 0.3 is 0 Å². The number of imide groups is 2. The van der Waals surface area contributed by atoms with Gasteiger partial charge < -0.3 is 5.32 Å². The lowest BCUT2D eigenvalue weighted by atomic mass is 9.84. The van der Waals surface area contributed by atoms with Crippen molar-refractivity contribution in [2.45, 2.75) is 44.7 Å². The topological polar surface area (TPSA) is 98.8 Å². The highest BCUT2D eigenvalue weighted by Crippen LogP contribution is 2.32. The molecular formula is C23H28N4O4. The summed E-state index contributed by atoms with van der Waals surface area (Å²) >= 11 is 0. The van der Waals surface area contributed by atoms with Crippen LogP contribution in [0.3, 0.4) is 0 Å². The minimum absolute atomic E-state index is 0.128. The fraction of sp³-hybridized carbons (Fsp3) is 0.565. The Kier molecular flexibility index (Phi) is 5.35. The summed E-state index contributed by atoms with van der Waals surface area (Å²) in [6, 6.07) is 4.45. The number of fused-ring (bicyclic) bond motifs is 1. The molecule has 0 radical (unpaired) electrons. The van der Waals surface area contributed by atoms with Gasteiger partial charge in [-0.3, -0.25) is 34.3 Å². The highest BCUT2D eigenvalue weighted by molar-refractivity contribution is 6.24. The molecular weight excluding hydrogens is 396 g/mol. The zero-order valence-electron chi connectivity index (χ0n) is 17.6. The lowest BCUT2D eigenvalue weighted by Crippen LogP contribution is -2.54. The Morgan fingerprint density at radius 3 is 2.39 bits per heavy atom. The van der Waals surface area contributed by atoms with Crippen LogP contribution in [0, 0.1) is 11.8 Å². The monoisotopic (exact) mass is 424 g/mol. The molecule has 8 heteroatoms. The summed E-state index contributed by atoms with van der Waals surface area (Å²) in [6.07, 6.45) is 3.94. The Morgan fingerprint density at radius 2 is 1.71 bits per heavy atom. The fourth-order valence-corrected chi connectivity index (χ4v) is 5.32. The number of amides is 4. The zero-order chi connectivity index (χ0) is 21.5. The number of rotatable bonds is 5. The van der Waals surface area contributed by atoms with Crippen molar-refractivity contribution in [2.75, 3.05) is 26.2 Å². The maximum Gasteiger partial charge on any atom is 0.262 e. The molecule has 4 amide bonds. The van der Waals surface area contributed by atoms with Gasteiger partial charge in [0.2, 0.25) is 11.8 Å². The van der Waals surface area contributed by atoms with Gasteiger partial charge in [0, 0.05) is 13.0 Å². The molecule has 0 aliphatic carbocycles. The molecule has 164 valence electrons. The molecule has 8 nitrogen and oxygen atoms in total. The zero-order valence-corrected chi connectivity index (χ0v) is 17.6. The number of nitrogens with zero attached hydrogens (tertiary/aromatic N) is 2. The number of piperidine rings is 2. The van der Waals surface area contributed by atoms with Crippen molar-refractivity contribution in [3.8, 4) is 0 Å². The Labute approximate surface area is 181 Å². The lowest BCUT2D eigenvalue weighted by Gasteiger charge is -2.36. The number of benzene rings is 1. The normalized spacial score (nSPS) is 25.5. The first-order chi connectivity index (χ1) is 15.0. The van der Waals surface area contributed by atoms with Crippen LogP contribution in [-0.2, 0) is 16.1 Å². The van der Waals surface area contributed by atoms with Gasteiger partial charge in [0.15, 0.2) is 0 Å². The number of nitrogens with one attached hydrogen (secondary N) is 2. The van der Waals surface area contributed by atoms with Gasteiger partial charge in [-0.15, -0.1) is 0 Å². The van der Waals surface area contributed by atoms with Crippen molar-refractivity contribution >= 4 is 23.6 Å². The first-order valence-corrected chi connectivity index (χ1v) is 11.3. The number of carbonyl (C=O) groups excluding carboxylic acids is 4. The summed E-state index contributed by atoms with van der Waals surface area (Å²) in [6.45, 7) is 4.91. The molecule has 4 heterocycles. The van der Waals surface area contributed by atoms with Crippen molar-refractivity contribution in [1.29, 1.82) is 0 Å².